The third-order valence-electron chi connectivity index (χ3n) is 5.84. The average Bonchev–Trinajstić information content (AvgIpc) is 3.27. The van der Waals surface area contributed by atoms with E-state index in [1.54, 1.807) is 0 Å². The van der Waals surface area contributed by atoms with Crippen molar-refractivity contribution in [1.82, 2.24) is 19.7 Å². The van der Waals surface area contributed by atoms with Crippen molar-refractivity contribution in [3.05, 3.63) is 30.2 Å². The minimum Gasteiger partial charge on any atom is -0.444 e. The van der Waals surface area contributed by atoms with Crippen LogP contribution in [0.15, 0.2) is 24.5 Å². The van der Waals surface area contributed by atoms with Crippen LogP contribution in [0.5, 0.6) is 0 Å². The van der Waals surface area contributed by atoms with Crippen molar-refractivity contribution in [3.63, 3.8) is 0 Å². The molecule has 0 radical (unpaired) electrons. The molecule has 2 fully saturated rings. The second-order valence-electron chi connectivity index (χ2n) is 9.45. The van der Waals surface area contributed by atoms with Crippen molar-refractivity contribution in [1.29, 1.82) is 0 Å². The third kappa shape index (κ3) is 4.38. The van der Waals surface area contributed by atoms with Crippen molar-refractivity contribution in [2.45, 2.75) is 52.2 Å². The number of nitrogens with zero attached hydrogens (tertiary/aromatic N) is 4. The number of rotatable bonds is 3. The fraction of sp³-hybridized carbons (Fsp3) is 0.591. The van der Waals surface area contributed by atoms with Gasteiger partial charge in [-0.2, -0.15) is 5.10 Å². The second kappa shape index (κ2) is 7.35. The van der Waals surface area contributed by atoms with Crippen molar-refractivity contribution in [2.75, 3.05) is 18.4 Å². The number of pyridine rings is 1. The van der Waals surface area contributed by atoms with E-state index in [0.29, 0.717) is 17.9 Å². The number of anilines is 1. The van der Waals surface area contributed by atoms with Crippen molar-refractivity contribution < 1.29 is 9.53 Å². The predicted octanol–water partition coefficient (Wildman–Crippen LogP) is 3.85. The van der Waals surface area contributed by atoms with Crippen LogP contribution in [-0.4, -0.2) is 50.5 Å². The highest BCUT2D eigenvalue weighted by Gasteiger charge is 2.43. The maximum absolute atomic E-state index is 12.3. The Hall–Kier alpha value is -2.57. The molecule has 4 rings (SSSR count). The van der Waals surface area contributed by atoms with Crippen LogP contribution in [0.25, 0.3) is 11.1 Å². The molecule has 29 heavy (non-hydrogen) atoms. The smallest absolute Gasteiger partial charge is 0.410 e. The molecule has 3 atom stereocenters. The predicted molar refractivity (Wildman–Crippen MR) is 113 cm³/mol. The van der Waals surface area contributed by atoms with Gasteiger partial charge in [0.15, 0.2) is 0 Å². The molecule has 0 aromatic carbocycles. The molecule has 1 saturated heterocycles. The Labute approximate surface area is 172 Å². The van der Waals surface area contributed by atoms with E-state index in [4.69, 9.17) is 4.74 Å². The Bertz CT molecular complexity index is 870. The van der Waals surface area contributed by atoms with Crippen LogP contribution in [0.2, 0.25) is 0 Å². The zero-order chi connectivity index (χ0) is 20.8. The van der Waals surface area contributed by atoms with Gasteiger partial charge in [0, 0.05) is 49.7 Å². The van der Waals surface area contributed by atoms with Crippen LogP contribution in [-0.2, 0) is 11.8 Å². The summed E-state index contributed by atoms with van der Waals surface area (Å²) < 4.78 is 7.35. The van der Waals surface area contributed by atoms with Gasteiger partial charge in [0.1, 0.15) is 11.4 Å². The molecule has 1 aliphatic carbocycles. The Morgan fingerprint density at radius 2 is 1.90 bits per heavy atom. The molecular formula is C22H31N5O2. The Morgan fingerprint density at radius 1 is 1.21 bits per heavy atom. The molecule has 1 amide bonds. The van der Waals surface area contributed by atoms with Crippen LogP contribution < -0.4 is 5.32 Å². The molecule has 1 aliphatic heterocycles. The monoisotopic (exact) mass is 397 g/mol. The molecule has 2 aromatic heterocycles. The molecule has 2 aromatic rings. The van der Waals surface area contributed by atoms with Gasteiger partial charge in [-0.15, -0.1) is 0 Å². The molecule has 1 saturated carbocycles. The fourth-order valence-electron chi connectivity index (χ4n) is 4.62. The van der Waals surface area contributed by atoms with Gasteiger partial charge in [-0.3, -0.25) is 4.68 Å². The van der Waals surface area contributed by atoms with Gasteiger partial charge in [-0.25, -0.2) is 9.78 Å². The molecular weight excluding hydrogens is 366 g/mol. The summed E-state index contributed by atoms with van der Waals surface area (Å²) in [6.07, 6.45) is 5.88. The van der Waals surface area contributed by atoms with Crippen molar-refractivity contribution >= 4 is 11.9 Å². The van der Waals surface area contributed by atoms with E-state index >= 15 is 0 Å². The first-order valence-electron chi connectivity index (χ1n) is 10.4. The minimum atomic E-state index is -0.439. The van der Waals surface area contributed by atoms with Gasteiger partial charge in [0.05, 0.1) is 5.69 Å². The van der Waals surface area contributed by atoms with E-state index in [-0.39, 0.29) is 6.09 Å². The van der Waals surface area contributed by atoms with E-state index < -0.39 is 5.60 Å². The van der Waals surface area contributed by atoms with Crippen LogP contribution in [0.3, 0.4) is 0 Å². The summed E-state index contributed by atoms with van der Waals surface area (Å²) in [4.78, 5) is 18.8. The van der Waals surface area contributed by atoms with E-state index in [1.807, 2.05) is 62.8 Å². The number of carbonyl (C=O) groups excluding carboxylic acids is 1. The van der Waals surface area contributed by atoms with E-state index in [2.05, 4.69) is 21.5 Å². The molecule has 0 bridgehead atoms. The fourth-order valence-corrected chi connectivity index (χ4v) is 4.62. The number of fused-ring (bicyclic) bond motifs is 1. The summed E-state index contributed by atoms with van der Waals surface area (Å²) in [7, 11) is 1.93. The number of likely N-dealkylation sites (tertiary alicyclic amines) is 1. The first-order valence-corrected chi connectivity index (χ1v) is 10.4. The lowest BCUT2D eigenvalue weighted by atomic mass is 10.0. The van der Waals surface area contributed by atoms with Gasteiger partial charge in [0.25, 0.3) is 0 Å². The van der Waals surface area contributed by atoms with Gasteiger partial charge >= 0.3 is 6.09 Å². The standard InChI is InChI=1S/C22H31N5O2/c1-14-19(13-26(5)25-14)15-6-7-20(23-10-15)24-18-8-16-11-27(12-17(16)9-18)21(28)29-22(2,3)4/h6-7,10,13,16-18H,8-9,11-12H2,1-5H3,(H,23,24)/t16-,17+,18?. The zero-order valence-corrected chi connectivity index (χ0v) is 18.0. The van der Waals surface area contributed by atoms with E-state index in [9.17, 15) is 4.79 Å². The normalized spacial score (nSPS) is 23.9. The maximum atomic E-state index is 12.3. The Balaban J connectivity index is 1.32. The number of nitrogens with one attached hydrogen (secondary N) is 1. The minimum absolute atomic E-state index is 0.181. The molecule has 1 unspecified atom stereocenters. The van der Waals surface area contributed by atoms with Gasteiger partial charge < -0.3 is 15.0 Å². The lowest BCUT2D eigenvalue weighted by Crippen LogP contribution is -2.36. The van der Waals surface area contributed by atoms with Crippen LogP contribution in [0.1, 0.15) is 39.3 Å². The number of carbonyl (C=O) groups is 1. The molecule has 1 N–H and O–H groups in total. The number of amides is 1. The summed E-state index contributed by atoms with van der Waals surface area (Å²) in [5.41, 5.74) is 2.76. The summed E-state index contributed by atoms with van der Waals surface area (Å²) in [6.45, 7) is 9.34. The first-order chi connectivity index (χ1) is 13.7. The van der Waals surface area contributed by atoms with Gasteiger partial charge in [-0.1, -0.05) is 0 Å². The highest BCUT2D eigenvalue weighted by molar-refractivity contribution is 5.68. The molecule has 7 heteroatoms. The Morgan fingerprint density at radius 3 is 2.41 bits per heavy atom. The van der Waals surface area contributed by atoms with Gasteiger partial charge in [-0.05, 0) is 64.5 Å². The molecule has 0 spiro atoms. The number of aromatic nitrogens is 3. The lowest BCUT2D eigenvalue weighted by molar-refractivity contribution is 0.0280. The van der Waals surface area contributed by atoms with Gasteiger partial charge in [0.2, 0.25) is 0 Å². The zero-order valence-electron chi connectivity index (χ0n) is 18.0. The molecule has 2 aliphatic rings. The second-order valence-corrected chi connectivity index (χ2v) is 9.45. The number of hydrogen-bond acceptors (Lipinski definition) is 5. The maximum Gasteiger partial charge on any atom is 0.410 e. The Kier molecular flexibility index (Phi) is 5.00. The van der Waals surface area contributed by atoms with E-state index in [1.165, 1.54) is 0 Å². The summed E-state index contributed by atoms with van der Waals surface area (Å²) in [5.74, 6) is 1.99. The summed E-state index contributed by atoms with van der Waals surface area (Å²) in [5, 5.41) is 7.98. The summed E-state index contributed by atoms with van der Waals surface area (Å²) in [6, 6.07) is 4.55. The number of aryl methyl sites for hydroxylation is 2. The van der Waals surface area contributed by atoms with E-state index in [0.717, 1.165) is 48.6 Å². The number of ether oxygens (including phenoxy) is 1. The third-order valence-corrected chi connectivity index (χ3v) is 5.84. The first kappa shape index (κ1) is 19.7. The largest absolute Gasteiger partial charge is 0.444 e. The lowest BCUT2D eigenvalue weighted by Gasteiger charge is -2.25. The van der Waals surface area contributed by atoms with Crippen LogP contribution in [0, 0.1) is 18.8 Å². The number of hydrogen-bond donors (Lipinski definition) is 1. The van der Waals surface area contributed by atoms with Crippen LogP contribution >= 0.6 is 0 Å². The molecule has 3 heterocycles. The highest BCUT2D eigenvalue weighted by atomic mass is 16.6. The molecule has 156 valence electrons. The van der Waals surface area contributed by atoms with Crippen molar-refractivity contribution in [2.24, 2.45) is 18.9 Å². The topological polar surface area (TPSA) is 72.3 Å². The average molecular weight is 398 g/mol. The van der Waals surface area contributed by atoms with Crippen LogP contribution in [0.4, 0.5) is 10.6 Å². The highest BCUT2D eigenvalue weighted by Crippen LogP contribution is 2.39. The quantitative estimate of drug-likeness (QED) is 0.852. The molecule has 7 nitrogen and oxygen atoms in total. The van der Waals surface area contributed by atoms with Crippen molar-refractivity contribution in [3.8, 4) is 11.1 Å². The SMILES string of the molecule is Cc1nn(C)cc1-c1ccc(NC2C[C@@H]3CN(C(=O)OC(C)(C)C)C[C@@H]3C2)nc1. The summed E-state index contributed by atoms with van der Waals surface area (Å²) >= 11 is 0.